The largest absolute Gasteiger partial charge is 0.493 e. The molecule has 1 aromatic heterocycles. The van der Waals surface area contributed by atoms with E-state index in [9.17, 15) is 35.4 Å². The van der Waals surface area contributed by atoms with Gasteiger partial charge in [0.05, 0.1) is 15.9 Å². The van der Waals surface area contributed by atoms with Crippen molar-refractivity contribution in [2.24, 2.45) is 10.2 Å². The molecule has 0 aliphatic carbocycles. The van der Waals surface area contributed by atoms with Gasteiger partial charge in [-0.25, -0.2) is 0 Å². The maximum absolute atomic E-state index is 12.7. The minimum atomic E-state index is -0.866. The number of nitro benzene ring substituents is 2. The number of aromatic hydroxyl groups is 1. The van der Waals surface area contributed by atoms with E-state index in [1.165, 1.54) is 14.0 Å². The molecular weight excluding hydrogens is 400 g/mol. The molecule has 0 amide bonds. The molecule has 1 heterocycles. The van der Waals surface area contributed by atoms with Gasteiger partial charge in [0.15, 0.2) is 11.4 Å². The third-order valence-electron chi connectivity index (χ3n) is 4.12. The Morgan fingerprint density at radius 3 is 2.53 bits per heavy atom. The van der Waals surface area contributed by atoms with Crippen LogP contribution in [0.15, 0.2) is 33.2 Å². The summed E-state index contributed by atoms with van der Waals surface area (Å²) in [6, 6.07) is 4.54. The Labute approximate surface area is 168 Å². The van der Waals surface area contributed by atoms with E-state index in [4.69, 9.17) is 4.74 Å². The van der Waals surface area contributed by atoms with Crippen molar-refractivity contribution in [1.29, 1.82) is 5.26 Å². The lowest BCUT2D eigenvalue weighted by molar-refractivity contribution is -0.393. The van der Waals surface area contributed by atoms with Gasteiger partial charge in [0.1, 0.15) is 11.6 Å². The topological polar surface area (TPSA) is 186 Å². The molecule has 0 fully saturated rings. The third kappa shape index (κ3) is 4.45. The fourth-order valence-electron chi connectivity index (χ4n) is 2.59. The molecule has 0 aliphatic rings. The van der Waals surface area contributed by atoms with Crippen LogP contribution >= 0.6 is 0 Å². The quantitative estimate of drug-likeness (QED) is 0.294. The van der Waals surface area contributed by atoms with E-state index in [0.29, 0.717) is 13.0 Å². The van der Waals surface area contributed by atoms with E-state index in [-0.39, 0.29) is 29.0 Å². The third-order valence-corrected chi connectivity index (χ3v) is 4.12. The van der Waals surface area contributed by atoms with E-state index < -0.39 is 32.7 Å². The number of rotatable bonds is 8. The molecule has 2 aromatic rings. The smallest absolute Gasteiger partial charge is 0.303 e. The molecule has 0 radical (unpaired) electrons. The summed E-state index contributed by atoms with van der Waals surface area (Å²) in [4.78, 5) is 33.1. The Bertz CT molecular complexity index is 1130. The maximum Gasteiger partial charge on any atom is 0.303 e. The first-order valence-electron chi connectivity index (χ1n) is 8.42. The van der Waals surface area contributed by atoms with Crippen LogP contribution in [0.2, 0.25) is 0 Å². The van der Waals surface area contributed by atoms with Crippen LogP contribution in [0.5, 0.6) is 5.88 Å². The van der Waals surface area contributed by atoms with Crippen LogP contribution in [0.4, 0.5) is 22.7 Å². The molecule has 13 nitrogen and oxygen atoms in total. The summed E-state index contributed by atoms with van der Waals surface area (Å²) in [6.07, 6.45) is 0.363. The SMILES string of the molecule is COCCCn1c(O)c(C#N)c(C)c(N=Nc2ccc([N+](=O)[O-])cc2[N+](=O)[O-])c1=O. The van der Waals surface area contributed by atoms with Gasteiger partial charge in [-0.05, 0) is 19.4 Å². The highest BCUT2D eigenvalue weighted by molar-refractivity contribution is 5.62. The fraction of sp³-hybridized carbons (Fsp3) is 0.294. The standard InChI is InChI=1S/C17H16N6O7/c1-10-12(9-18)16(24)21(6-3-7-30-2)17(25)15(10)20-19-13-5-4-11(22(26)27)8-14(13)23(28)29/h4-5,8,24H,3,6-7H2,1-2H3. The van der Waals surface area contributed by atoms with Crippen molar-refractivity contribution in [3.05, 3.63) is 59.9 Å². The summed E-state index contributed by atoms with van der Waals surface area (Å²) < 4.78 is 5.84. The number of nitrogens with zero attached hydrogens (tertiary/aromatic N) is 6. The van der Waals surface area contributed by atoms with Crippen LogP contribution in [0, 0.1) is 38.5 Å². The van der Waals surface area contributed by atoms with Crippen molar-refractivity contribution in [3.63, 3.8) is 0 Å². The minimum Gasteiger partial charge on any atom is -0.493 e. The molecule has 0 saturated heterocycles. The van der Waals surface area contributed by atoms with Crippen molar-refractivity contribution in [2.45, 2.75) is 19.9 Å². The van der Waals surface area contributed by atoms with Crippen molar-refractivity contribution < 1.29 is 19.7 Å². The van der Waals surface area contributed by atoms with Gasteiger partial charge in [-0.15, -0.1) is 10.2 Å². The first-order valence-corrected chi connectivity index (χ1v) is 8.42. The lowest BCUT2D eigenvalue weighted by Gasteiger charge is -2.12. The number of hydrogen-bond donors (Lipinski definition) is 1. The van der Waals surface area contributed by atoms with Gasteiger partial charge >= 0.3 is 5.69 Å². The number of nitro groups is 2. The first-order chi connectivity index (χ1) is 14.2. The molecule has 0 aliphatic heterocycles. The highest BCUT2D eigenvalue weighted by atomic mass is 16.6. The van der Waals surface area contributed by atoms with E-state index in [1.54, 1.807) is 6.07 Å². The number of methoxy groups -OCH3 is 1. The van der Waals surface area contributed by atoms with Gasteiger partial charge in [-0.3, -0.25) is 29.6 Å². The highest BCUT2D eigenvalue weighted by Crippen LogP contribution is 2.33. The second-order valence-corrected chi connectivity index (χ2v) is 5.97. The van der Waals surface area contributed by atoms with Crippen LogP contribution in [0.3, 0.4) is 0 Å². The Hall–Kier alpha value is -4.18. The van der Waals surface area contributed by atoms with Crippen molar-refractivity contribution in [2.75, 3.05) is 13.7 Å². The summed E-state index contributed by atoms with van der Waals surface area (Å²) in [6.45, 7) is 1.71. The zero-order valence-corrected chi connectivity index (χ0v) is 15.9. The minimum absolute atomic E-state index is 0.0354. The summed E-state index contributed by atoms with van der Waals surface area (Å²) in [7, 11) is 1.47. The summed E-state index contributed by atoms with van der Waals surface area (Å²) in [5.74, 6) is -0.531. The van der Waals surface area contributed by atoms with Gasteiger partial charge in [-0.1, -0.05) is 0 Å². The monoisotopic (exact) mass is 416 g/mol. The molecule has 0 bridgehead atoms. The normalized spacial score (nSPS) is 10.8. The number of nitriles is 1. The lowest BCUT2D eigenvalue weighted by atomic mass is 10.1. The van der Waals surface area contributed by atoms with Crippen LogP contribution in [0.25, 0.3) is 0 Å². The molecule has 0 saturated carbocycles. The first kappa shape index (κ1) is 22.1. The Balaban J connectivity index is 2.60. The number of azo groups is 1. The van der Waals surface area contributed by atoms with Crippen molar-refractivity contribution in [1.82, 2.24) is 4.57 Å². The van der Waals surface area contributed by atoms with Crippen molar-refractivity contribution >= 4 is 22.7 Å². The molecule has 0 unspecified atom stereocenters. The molecule has 0 atom stereocenters. The number of pyridine rings is 1. The van der Waals surface area contributed by atoms with Gasteiger partial charge < -0.3 is 9.84 Å². The van der Waals surface area contributed by atoms with E-state index in [2.05, 4.69) is 10.2 Å². The Morgan fingerprint density at radius 2 is 1.97 bits per heavy atom. The van der Waals surface area contributed by atoms with Crippen LogP contribution in [0.1, 0.15) is 17.5 Å². The predicted molar refractivity (Wildman–Crippen MR) is 102 cm³/mol. The molecule has 1 N–H and O–H groups in total. The lowest BCUT2D eigenvalue weighted by Crippen LogP contribution is -2.22. The van der Waals surface area contributed by atoms with Gasteiger partial charge in [0.2, 0.25) is 5.88 Å². The molecule has 156 valence electrons. The van der Waals surface area contributed by atoms with Crippen LogP contribution < -0.4 is 5.56 Å². The second-order valence-electron chi connectivity index (χ2n) is 5.97. The predicted octanol–water partition coefficient (Wildman–Crippen LogP) is 3.00. The zero-order chi connectivity index (χ0) is 22.4. The molecular formula is C17H16N6O7. The van der Waals surface area contributed by atoms with Gasteiger partial charge in [-0.2, -0.15) is 5.26 Å². The highest BCUT2D eigenvalue weighted by Gasteiger charge is 2.21. The molecule has 13 heteroatoms. The Morgan fingerprint density at radius 1 is 1.27 bits per heavy atom. The zero-order valence-electron chi connectivity index (χ0n) is 15.9. The van der Waals surface area contributed by atoms with Gasteiger partial charge in [0, 0.05) is 31.9 Å². The van der Waals surface area contributed by atoms with E-state index in [1.807, 2.05) is 0 Å². The molecule has 0 spiro atoms. The summed E-state index contributed by atoms with van der Waals surface area (Å²) in [5, 5.41) is 49.0. The molecule has 30 heavy (non-hydrogen) atoms. The average molecular weight is 416 g/mol. The Kier molecular flexibility index (Phi) is 6.89. The van der Waals surface area contributed by atoms with Crippen molar-refractivity contribution in [3.8, 4) is 11.9 Å². The molecule has 2 rings (SSSR count). The molecule has 1 aromatic carbocycles. The summed E-state index contributed by atoms with van der Waals surface area (Å²) >= 11 is 0. The fourth-order valence-corrected chi connectivity index (χ4v) is 2.59. The number of ether oxygens (including phenoxy) is 1. The number of aromatic nitrogens is 1. The maximum atomic E-state index is 12.7. The number of benzene rings is 1. The van der Waals surface area contributed by atoms with Gasteiger partial charge in [0.25, 0.3) is 11.2 Å². The van der Waals surface area contributed by atoms with E-state index in [0.717, 1.165) is 22.8 Å². The second kappa shape index (κ2) is 9.34. The number of hydrogen-bond acceptors (Lipinski definition) is 10. The number of non-ortho nitro benzene ring substituents is 1. The summed E-state index contributed by atoms with van der Waals surface area (Å²) in [5.41, 5.74) is -2.71. The van der Waals surface area contributed by atoms with Crippen LogP contribution in [-0.4, -0.2) is 33.2 Å². The van der Waals surface area contributed by atoms with E-state index >= 15 is 0 Å². The van der Waals surface area contributed by atoms with Crippen LogP contribution in [-0.2, 0) is 11.3 Å². The average Bonchev–Trinajstić information content (AvgIpc) is 2.70.